The van der Waals surface area contributed by atoms with E-state index < -0.39 is 15.8 Å². The van der Waals surface area contributed by atoms with E-state index in [0.717, 1.165) is 16.5 Å². The average Bonchev–Trinajstić information content (AvgIpc) is 2.94. The molecule has 1 aromatic heterocycles. The highest BCUT2D eigenvalue weighted by molar-refractivity contribution is 7.90. The minimum atomic E-state index is -3.52. The summed E-state index contributed by atoms with van der Waals surface area (Å²) in [5.41, 5.74) is 0.973. The first-order valence-electron chi connectivity index (χ1n) is 6.86. The second-order valence-electron chi connectivity index (χ2n) is 5.07. The number of esters is 1. The largest absolute Gasteiger partial charge is 0.455 e. The maximum absolute atomic E-state index is 12.1. The van der Waals surface area contributed by atoms with Crippen LogP contribution in [0.1, 0.15) is 15.4 Å². The number of carbonyl (C=O) groups is 1. The molecule has 0 atom stereocenters. The molecule has 8 heteroatoms. The number of ether oxygens (including phenoxy) is 1. The molecule has 0 aliphatic rings. The lowest BCUT2D eigenvalue weighted by Gasteiger charge is -2.06. The molecule has 0 bridgehead atoms. The Morgan fingerprint density at radius 1 is 1.25 bits per heavy atom. The van der Waals surface area contributed by atoms with Gasteiger partial charge < -0.3 is 4.74 Å². The summed E-state index contributed by atoms with van der Waals surface area (Å²) in [5, 5.41) is 0.738. The van der Waals surface area contributed by atoms with Gasteiger partial charge in [-0.15, -0.1) is 11.3 Å². The minimum absolute atomic E-state index is 0.0228. The Balaban J connectivity index is 1.77. The van der Waals surface area contributed by atoms with E-state index in [1.807, 2.05) is 24.3 Å². The summed E-state index contributed by atoms with van der Waals surface area (Å²) in [6.45, 7) is 0.0228. The van der Waals surface area contributed by atoms with Gasteiger partial charge in [0.2, 0.25) is 0 Å². The standard InChI is InChI=1S/C16H12ClNO4S2/c1-24(20,21)14-8-10(6-7-11(14)17)16(19)22-9-15-18-12-4-2-3-5-13(12)23-15/h2-8H,9H2,1H3. The molecule has 0 N–H and O–H groups in total. The Bertz CT molecular complexity index is 994. The fraction of sp³-hybridized carbons (Fsp3) is 0.125. The Morgan fingerprint density at radius 3 is 2.71 bits per heavy atom. The highest BCUT2D eigenvalue weighted by Gasteiger charge is 2.17. The molecule has 0 radical (unpaired) electrons. The number of fused-ring (bicyclic) bond motifs is 1. The third-order valence-corrected chi connectivity index (χ3v) is 5.82. The van der Waals surface area contributed by atoms with Crippen LogP contribution in [-0.2, 0) is 21.2 Å². The molecule has 0 saturated heterocycles. The van der Waals surface area contributed by atoms with Gasteiger partial charge in [-0.1, -0.05) is 23.7 Å². The van der Waals surface area contributed by atoms with Crippen molar-refractivity contribution >= 4 is 49.0 Å². The zero-order valence-electron chi connectivity index (χ0n) is 12.5. The fourth-order valence-corrected chi connectivity index (χ4v) is 4.29. The van der Waals surface area contributed by atoms with E-state index in [0.29, 0.717) is 5.01 Å². The predicted molar refractivity (Wildman–Crippen MR) is 93.3 cm³/mol. The number of hydrogen-bond donors (Lipinski definition) is 0. The molecule has 0 saturated carbocycles. The maximum atomic E-state index is 12.1. The highest BCUT2D eigenvalue weighted by atomic mass is 35.5. The number of hydrogen-bond acceptors (Lipinski definition) is 6. The molecule has 124 valence electrons. The molecule has 2 aromatic carbocycles. The Labute approximate surface area is 147 Å². The summed E-state index contributed by atoms with van der Waals surface area (Å²) >= 11 is 7.30. The number of thiazole rings is 1. The van der Waals surface area contributed by atoms with E-state index >= 15 is 0 Å². The van der Waals surface area contributed by atoms with Gasteiger partial charge >= 0.3 is 5.97 Å². The summed E-state index contributed by atoms with van der Waals surface area (Å²) in [4.78, 5) is 16.4. The number of aromatic nitrogens is 1. The Hall–Kier alpha value is -1.96. The van der Waals surface area contributed by atoms with E-state index in [1.54, 1.807) is 0 Å². The number of nitrogens with zero attached hydrogens (tertiary/aromatic N) is 1. The monoisotopic (exact) mass is 381 g/mol. The van der Waals surface area contributed by atoms with Crippen molar-refractivity contribution in [3.05, 3.63) is 58.1 Å². The number of para-hydroxylation sites is 1. The van der Waals surface area contributed by atoms with Gasteiger partial charge in [0.1, 0.15) is 11.6 Å². The van der Waals surface area contributed by atoms with Gasteiger partial charge in [0.15, 0.2) is 9.84 Å². The van der Waals surface area contributed by atoms with Crippen molar-refractivity contribution in [1.82, 2.24) is 4.98 Å². The lowest BCUT2D eigenvalue weighted by atomic mass is 10.2. The summed E-state index contributed by atoms with van der Waals surface area (Å²) in [5.74, 6) is -0.629. The van der Waals surface area contributed by atoms with Crippen molar-refractivity contribution in [2.45, 2.75) is 11.5 Å². The third kappa shape index (κ3) is 3.58. The highest BCUT2D eigenvalue weighted by Crippen LogP contribution is 2.24. The van der Waals surface area contributed by atoms with Crippen LogP contribution in [0.2, 0.25) is 5.02 Å². The molecule has 3 rings (SSSR count). The fourth-order valence-electron chi connectivity index (χ4n) is 2.11. The van der Waals surface area contributed by atoms with E-state index in [2.05, 4.69) is 4.98 Å². The summed E-state index contributed by atoms with van der Waals surface area (Å²) < 4.78 is 29.6. The van der Waals surface area contributed by atoms with Crippen LogP contribution in [0.15, 0.2) is 47.4 Å². The van der Waals surface area contributed by atoms with Crippen molar-refractivity contribution in [3.63, 3.8) is 0 Å². The molecule has 0 aliphatic heterocycles. The second kappa shape index (κ2) is 6.51. The van der Waals surface area contributed by atoms with Crippen LogP contribution in [0.3, 0.4) is 0 Å². The summed E-state index contributed by atoms with van der Waals surface area (Å²) in [6.07, 6.45) is 1.03. The lowest BCUT2D eigenvalue weighted by molar-refractivity contribution is 0.0472. The second-order valence-corrected chi connectivity index (χ2v) is 8.58. The van der Waals surface area contributed by atoms with Crippen molar-refractivity contribution in [3.8, 4) is 0 Å². The average molecular weight is 382 g/mol. The molecule has 0 unspecified atom stereocenters. The molecule has 1 heterocycles. The molecule has 3 aromatic rings. The molecule has 24 heavy (non-hydrogen) atoms. The lowest BCUT2D eigenvalue weighted by Crippen LogP contribution is -2.07. The van der Waals surface area contributed by atoms with Crippen molar-refractivity contribution in [1.29, 1.82) is 0 Å². The third-order valence-electron chi connectivity index (χ3n) is 3.23. The van der Waals surface area contributed by atoms with Crippen LogP contribution in [-0.4, -0.2) is 25.6 Å². The first-order valence-corrected chi connectivity index (χ1v) is 9.94. The predicted octanol–water partition coefficient (Wildman–Crippen LogP) is 3.71. The molecule has 0 aliphatic carbocycles. The van der Waals surface area contributed by atoms with E-state index in [9.17, 15) is 13.2 Å². The number of halogens is 1. The maximum Gasteiger partial charge on any atom is 0.338 e. The Kier molecular flexibility index (Phi) is 4.58. The van der Waals surface area contributed by atoms with Crippen LogP contribution in [0.5, 0.6) is 0 Å². The number of carbonyl (C=O) groups excluding carboxylic acids is 1. The van der Waals surface area contributed by atoms with E-state index in [-0.39, 0.29) is 22.1 Å². The molecule has 0 spiro atoms. The smallest absolute Gasteiger partial charge is 0.338 e. The van der Waals surface area contributed by atoms with Crippen molar-refractivity contribution in [2.75, 3.05) is 6.26 Å². The molecule has 0 fully saturated rings. The van der Waals surface area contributed by atoms with Crippen LogP contribution in [0, 0.1) is 0 Å². The SMILES string of the molecule is CS(=O)(=O)c1cc(C(=O)OCc2nc3ccccc3s2)ccc1Cl. The van der Waals surface area contributed by atoms with Gasteiger partial charge in [-0.05, 0) is 30.3 Å². The van der Waals surface area contributed by atoms with Gasteiger partial charge in [-0.3, -0.25) is 0 Å². The molecular formula is C16H12ClNO4S2. The first-order chi connectivity index (χ1) is 11.3. The van der Waals surface area contributed by atoms with Crippen molar-refractivity contribution < 1.29 is 17.9 Å². The summed E-state index contributed by atoms with van der Waals surface area (Å²) in [7, 11) is -3.52. The van der Waals surface area contributed by atoms with Crippen LogP contribution in [0.4, 0.5) is 0 Å². The first kappa shape index (κ1) is 16.9. The number of benzene rings is 2. The van der Waals surface area contributed by atoms with Gasteiger partial charge in [-0.2, -0.15) is 0 Å². The minimum Gasteiger partial charge on any atom is -0.455 e. The van der Waals surface area contributed by atoms with Gasteiger partial charge in [0.05, 0.1) is 25.7 Å². The molecule has 5 nitrogen and oxygen atoms in total. The zero-order chi connectivity index (χ0) is 17.3. The quantitative estimate of drug-likeness (QED) is 0.644. The van der Waals surface area contributed by atoms with Crippen molar-refractivity contribution in [2.24, 2.45) is 0 Å². The van der Waals surface area contributed by atoms with Gasteiger partial charge in [0.25, 0.3) is 0 Å². The van der Waals surface area contributed by atoms with Crippen LogP contribution < -0.4 is 0 Å². The van der Waals surface area contributed by atoms with Gasteiger partial charge in [-0.25, -0.2) is 18.2 Å². The number of sulfone groups is 1. The van der Waals surface area contributed by atoms with E-state index in [4.69, 9.17) is 16.3 Å². The number of rotatable bonds is 4. The van der Waals surface area contributed by atoms with E-state index in [1.165, 1.54) is 29.5 Å². The van der Waals surface area contributed by atoms with Gasteiger partial charge in [0, 0.05) is 6.26 Å². The van der Waals surface area contributed by atoms with Crippen LogP contribution in [0.25, 0.3) is 10.2 Å². The normalized spacial score (nSPS) is 11.6. The zero-order valence-corrected chi connectivity index (χ0v) is 14.9. The molecule has 0 amide bonds. The topological polar surface area (TPSA) is 73.3 Å². The summed E-state index contributed by atoms with van der Waals surface area (Å²) in [6, 6.07) is 11.6. The Morgan fingerprint density at radius 2 is 2.00 bits per heavy atom. The molecular weight excluding hydrogens is 370 g/mol. The van der Waals surface area contributed by atoms with Crippen LogP contribution >= 0.6 is 22.9 Å².